The van der Waals surface area contributed by atoms with Crippen LogP contribution >= 0.6 is 0 Å². The van der Waals surface area contributed by atoms with Crippen molar-refractivity contribution in [1.29, 1.82) is 0 Å². The third kappa shape index (κ3) is 1.55. The number of rotatable bonds is 1. The number of hydrogen-bond acceptors (Lipinski definition) is 1. The van der Waals surface area contributed by atoms with E-state index in [1.54, 1.807) is 0 Å². The van der Waals surface area contributed by atoms with E-state index >= 15 is 0 Å². The molecule has 2 rings (SSSR count). The van der Waals surface area contributed by atoms with E-state index < -0.39 is 0 Å². The summed E-state index contributed by atoms with van der Waals surface area (Å²) in [5.74, 6) is 0. The van der Waals surface area contributed by atoms with Crippen molar-refractivity contribution in [3.63, 3.8) is 0 Å². The standard InChI is InChI=1S/C12H15N/c1-3-10-6-7-12-11(9-10)5-4-8-13(12)2/h6-7,9H,3-4,8H2,1-2H3. The maximum absolute atomic E-state index is 3.43. The lowest BCUT2D eigenvalue weighted by Crippen LogP contribution is -2.23. The Hall–Kier alpha value is -0.980. The van der Waals surface area contributed by atoms with Crippen LogP contribution in [-0.2, 0) is 6.42 Å². The first-order valence-electron chi connectivity index (χ1n) is 4.89. The second-order valence-corrected chi connectivity index (χ2v) is 3.55. The van der Waals surface area contributed by atoms with Crippen LogP contribution in [0.2, 0.25) is 0 Å². The van der Waals surface area contributed by atoms with E-state index in [2.05, 4.69) is 43.5 Å². The lowest BCUT2D eigenvalue weighted by atomic mass is 9.99. The van der Waals surface area contributed by atoms with E-state index in [4.69, 9.17) is 0 Å². The molecule has 1 nitrogen and oxygen atoms in total. The molecule has 13 heavy (non-hydrogen) atoms. The SMILES string of the molecule is CCc1ccc2c(c1)[C]CCN2C. The second-order valence-electron chi connectivity index (χ2n) is 3.55. The molecule has 0 unspecified atom stereocenters. The summed E-state index contributed by atoms with van der Waals surface area (Å²) in [5, 5.41) is 0. The smallest absolute Gasteiger partial charge is 0.0402 e. The van der Waals surface area contributed by atoms with E-state index in [0.717, 1.165) is 19.4 Å². The molecule has 0 fully saturated rings. The van der Waals surface area contributed by atoms with Gasteiger partial charge in [-0.25, -0.2) is 0 Å². The van der Waals surface area contributed by atoms with Gasteiger partial charge in [0.15, 0.2) is 0 Å². The molecule has 1 aromatic rings. The lowest BCUT2D eigenvalue weighted by Gasteiger charge is -2.27. The monoisotopic (exact) mass is 173 g/mol. The van der Waals surface area contributed by atoms with Crippen LogP contribution in [0.3, 0.4) is 0 Å². The number of anilines is 1. The molecule has 0 bridgehead atoms. The van der Waals surface area contributed by atoms with Crippen LogP contribution in [0.25, 0.3) is 0 Å². The zero-order valence-electron chi connectivity index (χ0n) is 8.30. The molecule has 0 atom stereocenters. The highest BCUT2D eigenvalue weighted by molar-refractivity contribution is 5.59. The Morgan fingerprint density at radius 2 is 2.31 bits per heavy atom. The molecule has 0 saturated carbocycles. The normalized spacial score (nSPS) is 15.7. The first-order chi connectivity index (χ1) is 6.31. The van der Waals surface area contributed by atoms with Crippen molar-refractivity contribution in [3.8, 4) is 0 Å². The van der Waals surface area contributed by atoms with Crippen LogP contribution in [0.1, 0.15) is 24.5 Å². The average Bonchev–Trinajstić information content (AvgIpc) is 2.18. The molecular formula is C12H15N. The van der Waals surface area contributed by atoms with Crippen molar-refractivity contribution in [2.45, 2.75) is 19.8 Å². The largest absolute Gasteiger partial charge is 0.374 e. The zero-order valence-corrected chi connectivity index (χ0v) is 8.30. The van der Waals surface area contributed by atoms with Crippen molar-refractivity contribution in [2.24, 2.45) is 0 Å². The van der Waals surface area contributed by atoms with Crippen LogP contribution in [0.15, 0.2) is 18.2 Å². The Kier molecular flexibility index (Phi) is 2.26. The molecule has 1 heteroatoms. The molecule has 1 heterocycles. The molecule has 0 aromatic heterocycles. The summed E-state index contributed by atoms with van der Waals surface area (Å²) in [4.78, 5) is 2.30. The lowest BCUT2D eigenvalue weighted by molar-refractivity contribution is 0.835. The quantitative estimate of drug-likeness (QED) is 0.630. The zero-order chi connectivity index (χ0) is 9.26. The van der Waals surface area contributed by atoms with E-state index in [1.165, 1.54) is 16.8 Å². The third-order valence-corrected chi connectivity index (χ3v) is 2.64. The number of nitrogens with zero attached hydrogens (tertiary/aromatic N) is 1. The molecule has 1 aliphatic heterocycles. The number of hydrogen-bond donors (Lipinski definition) is 0. The Labute approximate surface area is 80.4 Å². The fourth-order valence-electron chi connectivity index (χ4n) is 1.76. The minimum atomic E-state index is 1.05. The molecule has 0 saturated heterocycles. The minimum absolute atomic E-state index is 1.05. The van der Waals surface area contributed by atoms with Gasteiger partial charge in [-0.2, -0.15) is 0 Å². The molecule has 1 aromatic carbocycles. The predicted molar refractivity (Wildman–Crippen MR) is 56.1 cm³/mol. The number of fused-ring (bicyclic) bond motifs is 1. The van der Waals surface area contributed by atoms with Gasteiger partial charge >= 0.3 is 0 Å². The van der Waals surface area contributed by atoms with Gasteiger partial charge in [-0.1, -0.05) is 19.1 Å². The van der Waals surface area contributed by atoms with Crippen LogP contribution < -0.4 is 4.90 Å². The van der Waals surface area contributed by atoms with E-state index in [0.29, 0.717) is 0 Å². The fourth-order valence-corrected chi connectivity index (χ4v) is 1.76. The highest BCUT2D eigenvalue weighted by atomic mass is 15.1. The van der Waals surface area contributed by atoms with Gasteiger partial charge in [0.05, 0.1) is 0 Å². The van der Waals surface area contributed by atoms with Gasteiger partial charge in [-0.3, -0.25) is 0 Å². The van der Waals surface area contributed by atoms with Gasteiger partial charge in [0.25, 0.3) is 0 Å². The minimum Gasteiger partial charge on any atom is -0.374 e. The number of benzene rings is 1. The summed E-state index contributed by atoms with van der Waals surface area (Å²) >= 11 is 0. The first kappa shape index (κ1) is 8.61. The van der Waals surface area contributed by atoms with Gasteiger partial charge in [0, 0.05) is 25.7 Å². The van der Waals surface area contributed by atoms with Crippen LogP contribution in [0.4, 0.5) is 5.69 Å². The highest BCUT2D eigenvalue weighted by Gasteiger charge is 2.13. The Morgan fingerprint density at radius 3 is 3.08 bits per heavy atom. The Morgan fingerprint density at radius 1 is 1.46 bits per heavy atom. The summed E-state index contributed by atoms with van der Waals surface area (Å²) in [6, 6.07) is 6.67. The highest BCUT2D eigenvalue weighted by Crippen LogP contribution is 2.27. The third-order valence-electron chi connectivity index (χ3n) is 2.64. The van der Waals surface area contributed by atoms with E-state index in [-0.39, 0.29) is 0 Å². The van der Waals surface area contributed by atoms with Crippen molar-refractivity contribution >= 4 is 5.69 Å². The molecule has 2 radical (unpaired) electrons. The van der Waals surface area contributed by atoms with Gasteiger partial charge in [-0.05, 0) is 30.0 Å². The van der Waals surface area contributed by atoms with Crippen LogP contribution in [0, 0.1) is 6.42 Å². The molecule has 0 aliphatic carbocycles. The summed E-state index contributed by atoms with van der Waals surface area (Å²) in [6.07, 6.45) is 5.59. The number of aryl methyl sites for hydroxylation is 1. The molecular weight excluding hydrogens is 158 g/mol. The average molecular weight is 173 g/mol. The van der Waals surface area contributed by atoms with Gasteiger partial charge in [-0.15, -0.1) is 0 Å². The van der Waals surface area contributed by atoms with Crippen LogP contribution in [0.5, 0.6) is 0 Å². The maximum atomic E-state index is 3.43. The van der Waals surface area contributed by atoms with Gasteiger partial charge < -0.3 is 4.90 Å². The van der Waals surface area contributed by atoms with Crippen LogP contribution in [-0.4, -0.2) is 13.6 Å². The molecule has 0 amide bonds. The van der Waals surface area contributed by atoms with Crippen molar-refractivity contribution < 1.29 is 0 Å². The van der Waals surface area contributed by atoms with Crippen molar-refractivity contribution in [1.82, 2.24) is 0 Å². The Balaban J connectivity index is 2.39. The Bertz CT molecular complexity index is 304. The van der Waals surface area contributed by atoms with Crippen molar-refractivity contribution in [3.05, 3.63) is 35.7 Å². The fraction of sp³-hybridized carbons (Fsp3) is 0.417. The predicted octanol–water partition coefficient (Wildman–Crippen LogP) is 2.52. The van der Waals surface area contributed by atoms with Crippen molar-refractivity contribution in [2.75, 3.05) is 18.5 Å². The summed E-state index contributed by atoms with van der Waals surface area (Å²) < 4.78 is 0. The van der Waals surface area contributed by atoms with Gasteiger partial charge in [0.2, 0.25) is 0 Å². The molecule has 1 aliphatic rings. The summed E-state index contributed by atoms with van der Waals surface area (Å²) in [5.41, 5.74) is 4.01. The molecule has 0 spiro atoms. The first-order valence-corrected chi connectivity index (χ1v) is 4.89. The second kappa shape index (κ2) is 3.41. The summed E-state index contributed by atoms with van der Waals surface area (Å²) in [6.45, 7) is 3.28. The molecule has 0 N–H and O–H groups in total. The maximum Gasteiger partial charge on any atom is 0.0402 e. The topological polar surface area (TPSA) is 3.24 Å². The van der Waals surface area contributed by atoms with Gasteiger partial charge in [0.1, 0.15) is 0 Å². The molecule has 68 valence electrons. The van der Waals surface area contributed by atoms with E-state index in [9.17, 15) is 0 Å². The van der Waals surface area contributed by atoms with E-state index in [1.807, 2.05) is 0 Å². The summed E-state index contributed by atoms with van der Waals surface area (Å²) in [7, 11) is 2.14.